The van der Waals surface area contributed by atoms with Gasteiger partial charge in [-0.3, -0.25) is 9.59 Å². The molecule has 104 valence electrons. The molecule has 0 aromatic heterocycles. The summed E-state index contributed by atoms with van der Waals surface area (Å²) in [5.41, 5.74) is 1.29. The van der Waals surface area contributed by atoms with Crippen LogP contribution >= 0.6 is 0 Å². The number of hydrogen-bond donors (Lipinski definition) is 1. The van der Waals surface area contributed by atoms with E-state index in [4.69, 9.17) is 5.11 Å². The fraction of sp³-hybridized carbons (Fsp3) is 0.467. The number of unbranched alkanes of at least 4 members (excludes halogenated alkanes) is 1. The number of aryl methyl sites for hydroxylation is 1. The Labute approximate surface area is 114 Å². The van der Waals surface area contributed by atoms with Crippen LogP contribution in [0.1, 0.15) is 25.3 Å². The van der Waals surface area contributed by atoms with Gasteiger partial charge >= 0.3 is 5.97 Å². The van der Waals surface area contributed by atoms with E-state index in [-0.39, 0.29) is 5.91 Å². The van der Waals surface area contributed by atoms with Gasteiger partial charge in [0.05, 0.1) is 0 Å². The predicted octanol–water partition coefficient (Wildman–Crippen LogP) is 2.19. The third-order valence-electron chi connectivity index (χ3n) is 3.17. The number of nitrogens with zero attached hydrogens (tertiary/aromatic N) is 1. The summed E-state index contributed by atoms with van der Waals surface area (Å²) in [6, 6.07) is 10.2. The van der Waals surface area contributed by atoms with Gasteiger partial charge in [0, 0.05) is 13.6 Å². The van der Waals surface area contributed by atoms with Gasteiger partial charge < -0.3 is 10.0 Å². The van der Waals surface area contributed by atoms with E-state index in [0.717, 1.165) is 19.3 Å². The maximum atomic E-state index is 11.7. The molecule has 0 radical (unpaired) electrons. The van der Waals surface area contributed by atoms with E-state index >= 15 is 0 Å². The zero-order chi connectivity index (χ0) is 14.3. The molecule has 0 spiro atoms. The Balaban J connectivity index is 2.25. The van der Waals surface area contributed by atoms with Crippen LogP contribution in [0.15, 0.2) is 30.3 Å². The molecule has 0 aliphatic heterocycles. The summed E-state index contributed by atoms with van der Waals surface area (Å²) in [5.74, 6) is -2.35. The second kappa shape index (κ2) is 7.56. The fourth-order valence-electron chi connectivity index (χ4n) is 1.87. The smallest absolute Gasteiger partial charge is 0.315 e. The molecule has 0 aliphatic rings. The lowest BCUT2D eigenvalue weighted by atomic mass is 10.1. The first-order chi connectivity index (χ1) is 9.02. The van der Waals surface area contributed by atoms with E-state index in [2.05, 4.69) is 12.1 Å². The van der Waals surface area contributed by atoms with Gasteiger partial charge in [0.2, 0.25) is 5.91 Å². The Bertz CT molecular complexity index is 417. The van der Waals surface area contributed by atoms with E-state index < -0.39 is 11.9 Å². The molecule has 4 heteroatoms. The average Bonchev–Trinajstić information content (AvgIpc) is 2.42. The maximum Gasteiger partial charge on any atom is 0.315 e. The zero-order valence-corrected chi connectivity index (χ0v) is 11.5. The van der Waals surface area contributed by atoms with Gasteiger partial charge in [-0.15, -0.1) is 0 Å². The van der Waals surface area contributed by atoms with Crippen LogP contribution in [0.3, 0.4) is 0 Å². The lowest BCUT2D eigenvalue weighted by Gasteiger charge is -2.19. The molecule has 1 unspecified atom stereocenters. The predicted molar refractivity (Wildman–Crippen MR) is 73.8 cm³/mol. The zero-order valence-electron chi connectivity index (χ0n) is 11.5. The number of carbonyl (C=O) groups excluding carboxylic acids is 1. The minimum atomic E-state index is -1.07. The summed E-state index contributed by atoms with van der Waals surface area (Å²) >= 11 is 0. The van der Waals surface area contributed by atoms with Crippen molar-refractivity contribution in [2.45, 2.75) is 26.2 Å². The van der Waals surface area contributed by atoms with E-state index in [0.29, 0.717) is 6.54 Å². The highest BCUT2D eigenvalue weighted by atomic mass is 16.4. The average molecular weight is 263 g/mol. The van der Waals surface area contributed by atoms with Crippen LogP contribution in [0, 0.1) is 5.92 Å². The highest BCUT2D eigenvalue weighted by molar-refractivity contribution is 5.96. The number of benzene rings is 1. The summed E-state index contributed by atoms with van der Waals surface area (Å²) in [6.45, 7) is 2.02. The lowest BCUT2D eigenvalue weighted by Crippen LogP contribution is -2.36. The van der Waals surface area contributed by atoms with Crippen molar-refractivity contribution in [1.29, 1.82) is 0 Å². The topological polar surface area (TPSA) is 57.6 Å². The normalized spacial score (nSPS) is 11.9. The van der Waals surface area contributed by atoms with Gasteiger partial charge in [0.15, 0.2) is 0 Å². The number of carboxylic acids is 1. The number of amides is 1. The third kappa shape index (κ3) is 5.12. The SMILES string of the molecule is CC(C(=O)O)C(=O)N(C)CCCCc1ccccc1. The summed E-state index contributed by atoms with van der Waals surface area (Å²) in [6.07, 6.45) is 2.85. The minimum Gasteiger partial charge on any atom is -0.481 e. The number of carboxylic acid groups (broad SMARTS) is 1. The quantitative estimate of drug-likeness (QED) is 0.606. The molecule has 1 rings (SSSR count). The Hall–Kier alpha value is -1.84. The summed E-state index contributed by atoms with van der Waals surface area (Å²) in [7, 11) is 1.66. The second-order valence-corrected chi connectivity index (χ2v) is 4.76. The van der Waals surface area contributed by atoms with Crippen LogP contribution < -0.4 is 0 Å². The number of hydrogen-bond acceptors (Lipinski definition) is 2. The van der Waals surface area contributed by atoms with Crippen LogP contribution in [0.4, 0.5) is 0 Å². The first-order valence-electron chi connectivity index (χ1n) is 6.54. The first-order valence-corrected chi connectivity index (χ1v) is 6.54. The number of aliphatic carboxylic acids is 1. The van der Waals surface area contributed by atoms with E-state index in [1.165, 1.54) is 17.4 Å². The largest absolute Gasteiger partial charge is 0.481 e. The fourth-order valence-corrected chi connectivity index (χ4v) is 1.87. The summed E-state index contributed by atoms with van der Waals surface area (Å²) < 4.78 is 0. The Morgan fingerprint density at radius 3 is 2.42 bits per heavy atom. The molecule has 4 nitrogen and oxygen atoms in total. The minimum absolute atomic E-state index is 0.327. The van der Waals surface area contributed by atoms with Crippen molar-refractivity contribution in [2.24, 2.45) is 5.92 Å². The van der Waals surface area contributed by atoms with E-state index in [1.54, 1.807) is 7.05 Å². The molecule has 0 heterocycles. The van der Waals surface area contributed by atoms with Crippen molar-refractivity contribution < 1.29 is 14.7 Å². The second-order valence-electron chi connectivity index (χ2n) is 4.76. The molecular formula is C15H21NO3. The van der Waals surface area contributed by atoms with Crippen molar-refractivity contribution in [3.63, 3.8) is 0 Å². The van der Waals surface area contributed by atoms with Crippen LogP contribution in [0.25, 0.3) is 0 Å². The van der Waals surface area contributed by atoms with Crippen LogP contribution in [0.2, 0.25) is 0 Å². The summed E-state index contributed by atoms with van der Waals surface area (Å²) in [5, 5.41) is 8.77. The monoisotopic (exact) mass is 263 g/mol. The Morgan fingerprint density at radius 1 is 1.21 bits per heavy atom. The van der Waals surface area contributed by atoms with Crippen LogP contribution in [0.5, 0.6) is 0 Å². The summed E-state index contributed by atoms with van der Waals surface area (Å²) in [4.78, 5) is 23.9. The Kier molecular flexibility index (Phi) is 6.06. The first kappa shape index (κ1) is 15.2. The molecule has 1 aromatic carbocycles. The molecule has 19 heavy (non-hydrogen) atoms. The maximum absolute atomic E-state index is 11.7. The molecule has 0 saturated carbocycles. The van der Waals surface area contributed by atoms with Gasteiger partial charge in [-0.05, 0) is 31.7 Å². The van der Waals surface area contributed by atoms with Crippen molar-refractivity contribution in [3.8, 4) is 0 Å². The molecule has 0 bridgehead atoms. The molecule has 1 N–H and O–H groups in total. The molecule has 1 amide bonds. The van der Waals surface area contributed by atoms with Gasteiger partial charge in [-0.2, -0.15) is 0 Å². The van der Waals surface area contributed by atoms with Crippen LogP contribution in [-0.4, -0.2) is 35.5 Å². The molecule has 0 fully saturated rings. The highest BCUT2D eigenvalue weighted by Crippen LogP contribution is 2.07. The number of carbonyl (C=O) groups is 2. The van der Waals surface area contributed by atoms with Crippen molar-refractivity contribution in [1.82, 2.24) is 4.90 Å². The lowest BCUT2D eigenvalue weighted by molar-refractivity contribution is -0.149. The molecule has 1 atom stereocenters. The molecule has 0 aliphatic carbocycles. The van der Waals surface area contributed by atoms with Gasteiger partial charge in [-0.1, -0.05) is 30.3 Å². The molecule has 1 aromatic rings. The van der Waals surface area contributed by atoms with Crippen LogP contribution in [-0.2, 0) is 16.0 Å². The van der Waals surface area contributed by atoms with Crippen molar-refractivity contribution in [2.75, 3.05) is 13.6 Å². The van der Waals surface area contributed by atoms with Gasteiger partial charge in [0.1, 0.15) is 5.92 Å². The van der Waals surface area contributed by atoms with E-state index in [1.807, 2.05) is 18.2 Å². The standard InChI is InChI=1S/C15H21NO3/c1-12(15(18)19)14(17)16(2)11-7-6-10-13-8-4-3-5-9-13/h3-5,8-9,12H,6-7,10-11H2,1-2H3,(H,18,19). The number of rotatable bonds is 7. The third-order valence-corrected chi connectivity index (χ3v) is 3.17. The highest BCUT2D eigenvalue weighted by Gasteiger charge is 2.23. The molecule has 0 saturated heterocycles. The van der Waals surface area contributed by atoms with Crippen molar-refractivity contribution >= 4 is 11.9 Å². The van der Waals surface area contributed by atoms with E-state index in [9.17, 15) is 9.59 Å². The van der Waals surface area contributed by atoms with Gasteiger partial charge in [-0.25, -0.2) is 0 Å². The van der Waals surface area contributed by atoms with Gasteiger partial charge in [0.25, 0.3) is 0 Å². The van der Waals surface area contributed by atoms with Crippen molar-refractivity contribution in [3.05, 3.63) is 35.9 Å². The molecular weight excluding hydrogens is 242 g/mol. The Morgan fingerprint density at radius 2 is 1.84 bits per heavy atom.